The number of halogens is 2. The molecular weight excluding hydrogens is 323 g/mol. The smallest absolute Gasteiger partial charge is 0.119 e. The molecule has 0 fully saturated rings. The van der Waals surface area contributed by atoms with Gasteiger partial charge in [0.2, 0.25) is 0 Å². The molecule has 0 saturated heterocycles. The summed E-state index contributed by atoms with van der Waals surface area (Å²) >= 11 is 14.0. The van der Waals surface area contributed by atoms with Gasteiger partial charge in [0.25, 0.3) is 0 Å². The Morgan fingerprint density at radius 1 is 1.05 bits per heavy atom. The van der Waals surface area contributed by atoms with Crippen LogP contribution < -0.4 is 4.74 Å². The van der Waals surface area contributed by atoms with Gasteiger partial charge in [0.15, 0.2) is 0 Å². The molecule has 108 valence electrons. The molecule has 0 aliphatic carbocycles. The van der Waals surface area contributed by atoms with E-state index in [-0.39, 0.29) is 0 Å². The summed E-state index contributed by atoms with van der Waals surface area (Å²) in [5, 5.41) is 4.48. The van der Waals surface area contributed by atoms with Crippen molar-refractivity contribution in [1.29, 1.82) is 0 Å². The molecule has 0 spiro atoms. The lowest BCUT2D eigenvalue weighted by Crippen LogP contribution is -1.91. The molecule has 0 atom stereocenters. The van der Waals surface area contributed by atoms with E-state index in [1.54, 1.807) is 18.4 Å². The average Bonchev–Trinajstić information content (AvgIpc) is 2.90. The monoisotopic (exact) mass is 336 g/mol. The van der Waals surface area contributed by atoms with Crippen LogP contribution in [-0.2, 0) is 0 Å². The zero-order chi connectivity index (χ0) is 15.1. The molecule has 1 heterocycles. The van der Waals surface area contributed by atoms with E-state index < -0.39 is 0 Å². The second-order valence-corrected chi connectivity index (χ2v) is 6.67. The van der Waals surface area contributed by atoms with Crippen LogP contribution in [0.5, 0.6) is 5.75 Å². The Hall–Kier alpha value is -1.22. The van der Waals surface area contributed by atoms with Crippen molar-refractivity contribution in [3.63, 3.8) is 0 Å². The van der Waals surface area contributed by atoms with E-state index in [4.69, 9.17) is 27.9 Å². The number of aryl methyl sites for hydroxylation is 1. The molecule has 21 heavy (non-hydrogen) atoms. The van der Waals surface area contributed by atoms with E-state index in [0.717, 1.165) is 15.8 Å². The average molecular weight is 337 g/mol. The fourth-order valence-electron chi connectivity index (χ4n) is 2.47. The fourth-order valence-corrected chi connectivity index (χ4v) is 3.99. The highest BCUT2D eigenvalue weighted by molar-refractivity contribution is 7.18. The number of fused-ring (bicyclic) bond motifs is 1. The van der Waals surface area contributed by atoms with Crippen LogP contribution in [-0.4, -0.2) is 7.11 Å². The van der Waals surface area contributed by atoms with Crippen molar-refractivity contribution in [1.82, 2.24) is 0 Å². The van der Waals surface area contributed by atoms with E-state index in [1.807, 2.05) is 12.1 Å². The second kappa shape index (κ2) is 5.53. The Labute approximate surface area is 138 Å². The van der Waals surface area contributed by atoms with Gasteiger partial charge in [-0.2, -0.15) is 0 Å². The van der Waals surface area contributed by atoms with Crippen molar-refractivity contribution in [2.24, 2.45) is 0 Å². The number of rotatable bonds is 2. The molecule has 0 bridgehead atoms. The van der Waals surface area contributed by atoms with Crippen molar-refractivity contribution < 1.29 is 4.74 Å². The molecular formula is C17H14Cl2OS. The van der Waals surface area contributed by atoms with Crippen molar-refractivity contribution in [2.75, 3.05) is 7.11 Å². The van der Waals surface area contributed by atoms with Gasteiger partial charge in [-0.25, -0.2) is 0 Å². The Bertz CT molecular complexity index is 836. The molecule has 0 radical (unpaired) electrons. The number of ether oxygens (including phenoxy) is 1. The zero-order valence-electron chi connectivity index (χ0n) is 12.0. The van der Waals surface area contributed by atoms with Crippen LogP contribution in [0.1, 0.15) is 11.1 Å². The number of hydrogen-bond donors (Lipinski definition) is 0. The lowest BCUT2D eigenvalue weighted by atomic mass is 9.96. The third kappa shape index (κ3) is 2.42. The molecule has 2 aromatic carbocycles. The molecule has 3 aromatic rings. The highest BCUT2D eigenvalue weighted by Crippen LogP contribution is 2.42. The van der Waals surface area contributed by atoms with Crippen LogP contribution >= 0.6 is 34.5 Å². The van der Waals surface area contributed by atoms with E-state index in [9.17, 15) is 0 Å². The van der Waals surface area contributed by atoms with Gasteiger partial charge in [0.1, 0.15) is 5.75 Å². The summed E-state index contributed by atoms with van der Waals surface area (Å²) < 4.78 is 6.43. The summed E-state index contributed by atoms with van der Waals surface area (Å²) in [6.07, 6.45) is 0. The summed E-state index contributed by atoms with van der Waals surface area (Å²) in [7, 11) is 1.69. The molecule has 1 aromatic heterocycles. The first-order valence-corrected chi connectivity index (χ1v) is 8.17. The largest absolute Gasteiger partial charge is 0.497 e. The summed E-state index contributed by atoms with van der Waals surface area (Å²) in [5.41, 5.74) is 4.81. The van der Waals surface area contributed by atoms with Gasteiger partial charge in [0.05, 0.1) is 21.9 Å². The minimum Gasteiger partial charge on any atom is -0.497 e. The van der Waals surface area contributed by atoms with Gasteiger partial charge in [-0.05, 0) is 54.1 Å². The molecule has 0 unspecified atom stereocenters. The van der Waals surface area contributed by atoms with Crippen LogP contribution in [0.25, 0.3) is 21.2 Å². The topological polar surface area (TPSA) is 9.23 Å². The van der Waals surface area contributed by atoms with Crippen molar-refractivity contribution in [3.05, 3.63) is 50.8 Å². The lowest BCUT2D eigenvalue weighted by molar-refractivity contribution is 0.414. The van der Waals surface area contributed by atoms with Crippen LogP contribution in [0.3, 0.4) is 0 Å². The molecule has 4 heteroatoms. The van der Waals surface area contributed by atoms with E-state index >= 15 is 0 Å². The molecule has 3 rings (SSSR count). The van der Waals surface area contributed by atoms with E-state index in [2.05, 4.69) is 31.4 Å². The van der Waals surface area contributed by atoms with E-state index in [1.165, 1.54) is 22.3 Å². The Morgan fingerprint density at radius 3 is 2.52 bits per heavy atom. The summed E-state index contributed by atoms with van der Waals surface area (Å²) in [6.45, 7) is 4.23. The third-order valence-corrected chi connectivity index (χ3v) is 5.73. The predicted octanol–water partition coefficient (Wildman–Crippen LogP) is 6.50. The first-order chi connectivity index (χ1) is 10.0. The van der Waals surface area contributed by atoms with E-state index in [0.29, 0.717) is 10.0 Å². The van der Waals surface area contributed by atoms with Gasteiger partial charge in [-0.3, -0.25) is 0 Å². The minimum atomic E-state index is 0.594. The van der Waals surface area contributed by atoms with Crippen LogP contribution in [0.4, 0.5) is 0 Å². The lowest BCUT2D eigenvalue weighted by Gasteiger charge is -2.11. The standard InChI is InChI=1S/C17H14Cl2OS/c1-9-6-11(20-3)7-13(10(9)2)14-8-21-17-12(14)4-5-15(18)16(17)19/h4-8H,1-3H3. The molecule has 0 aliphatic rings. The zero-order valence-corrected chi connectivity index (χ0v) is 14.3. The predicted molar refractivity (Wildman–Crippen MR) is 93.3 cm³/mol. The van der Waals surface area contributed by atoms with Gasteiger partial charge in [-0.15, -0.1) is 11.3 Å². The Kier molecular flexibility index (Phi) is 3.87. The summed E-state index contributed by atoms with van der Waals surface area (Å²) in [6, 6.07) is 8.01. The maximum absolute atomic E-state index is 6.31. The molecule has 0 saturated carbocycles. The van der Waals surface area contributed by atoms with Gasteiger partial charge < -0.3 is 4.74 Å². The molecule has 1 nitrogen and oxygen atoms in total. The van der Waals surface area contributed by atoms with Gasteiger partial charge in [0, 0.05) is 10.9 Å². The van der Waals surface area contributed by atoms with Gasteiger partial charge >= 0.3 is 0 Å². The normalized spacial score (nSPS) is 11.1. The van der Waals surface area contributed by atoms with Crippen molar-refractivity contribution >= 4 is 44.6 Å². The number of hydrogen-bond acceptors (Lipinski definition) is 2. The maximum Gasteiger partial charge on any atom is 0.119 e. The first kappa shape index (κ1) is 14.7. The minimum absolute atomic E-state index is 0.594. The summed E-state index contributed by atoms with van der Waals surface area (Å²) in [4.78, 5) is 0. The Balaban J connectivity index is 2.31. The maximum atomic E-state index is 6.31. The van der Waals surface area contributed by atoms with Crippen LogP contribution in [0.15, 0.2) is 29.6 Å². The second-order valence-electron chi connectivity index (χ2n) is 5.00. The molecule has 0 aliphatic heterocycles. The van der Waals surface area contributed by atoms with Crippen LogP contribution in [0, 0.1) is 13.8 Å². The molecule has 0 amide bonds. The SMILES string of the molecule is COc1cc(C)c(C)c(-c2csc3c(Cl)c(Cl)ccc23)c1. The number of methoxy groups -OCH3 is 1. The highest BCUT2D eigenvalue weighted by atomic mass is 35.5. The van der Waals surface area contributed by atoms with Gasteiger partial charge in [-0.1, -0.05) is 29.3 Å². The third-order valence-electron chi connectivity index (χ3n) is 3.80. The number of thiophene rings is 1. The van der Waals surface area contributed by atoms with Crippen LogP contribution in [0.2, 0.25) is 10.0 Å². The number of benzene rings is 2. The Morgan fingerprint density at radius 2 is 1.81 bits per heavy atom. The fraction of sp³-hybridized carbons (Fsp3) is 0.176. The quantitative estimate of drug-likeness (QED) is 0.518. The van der Waals surface area contributed by atoms with Crippen molar-refractivity contribution in [2.45, 2.75) is 13.8 Å². The van der Waals surface area contributed by atoms with Crippen molar-refractivity contribution in [3.8, 4) is 16.9 Å². The summed E-state index contributed by atoms with van der Waals surface area (Å²) in [5.74, 6) is 0.868. The molecule has 0 N–H and O–H groups in total. The first-order valence-electron chi connectivity index (χ1n) is 6.53. The highest BCUT2D eigenvalue weighted by Gasteiger charge is 2.14.